The number of rotatable bonds is 62. The van der Waals surface area contributed by atoms with Crippen LogP contribution in [0.5, 0.6) is 0 Å². The van der Waals surface area contributed by atoms with Crippen LogP contribution < -0.4 is 5.32 Å². The summed E-state index contributed by atoms with van der Waals surface area (Å²) in [6, 6.07) is -0.857. The van der Waals surface area contributed by atoms with Crippen molar-refractivity contribution in [2.75, 3.05) is 40.9 Å². The van der Waals surface area contributed by atoms with Crippen molar-refractivity contribution in [3.8, 4) is 0 Å². The van der Waals surface area contributed by atoms with Crippen molar-refractivity contribution >= 4 is 13.7 Å². The highest BCUT2D eigenvalue weighted by Crippen LogP contribution is 2.43. The molecule has 0 saturated carbocycles. The third-order valence-corrected chi connectivity index (χ3v) is 15.9. The number of carbonyl (C=O) groups excluding carboxylic acids is 1. The molecule has 0 spiro atoms. The van der Waals surface area contributed by atoms with Crippen LogP contribution in [-0.4, -0.2) is 73.4 Å². The molecular weight excluding hydrogens is 1040 g/mol. The first-order valence-electron chi connectivity index (χ1n) is 34.4. The van der Waals surface area contributed by atoms with Crippen molar-refractivity contribution in [1.29, 1.82) is 0 Å². The minimum absolute atomic E-state index is 0.0566. The quantitative estimate of drug-likeness (QED) is 0.0243. The van der Waals surface area contributed by atoms with Crippen LogP contribution in [0.25, 0.3) is 0 Å². The predicted molar refractivity (Wildman–Crippen MR) is 364 cm³/mol. The summed E-state index contributed by atoms with van der Waals surface area (Å²) in [5, 5.41) is 14.0. The molecule has 9 heteroatoms. The number of likely N-dealkylation sites (N-methyl/N-ethyl adjacent to an activating group) is 1. The van der Waals surface area contributed by atoms with Crippen LogP contribution in [0, 0.1) is 0 Å². The molecular formula is C74H132N2O6P+. The monoisotopic (exact) mass is 1180 g/mol. The van der Waals surface area contributed by atoms with Crippen LogP contribution in [0.2, 0.25) is 0 Å². The molecule has 0 aliphatic rings. The molecule has 0 bridgehead atoms. The molecule has 0 fully saturated rings. The van der Waals surface area contributed by atoms with Gasteiger partial charge in [0.25, 0.3) is 0 Å². The maximum Gasteiger partial charge on any atom is 0.472 e. The van der Waals surface area contributed by atoms with Crippen molar-refractivity contribution in [3.63, 3.8) is 0 Å². The lowest BCUT2D eigenvalue weighted by molar-refractivity contribution is -0.870. The van der Waals surface area contributed by atoms with E-state index in [9.17, 15) is 19.4 Å². The normalized spacial score (nSPS) is 14.4. The number of hydrogen-bond donors (Lipinski definition) is 3. The summed E-state index contributed by atoms with van der Waals surface area (Å²) >= 11 is 0. The highest BCUT2D eigenvalue weighted by molar-refractivity contribution is 7.47. The largest absolute Gasteiger partial charge is 0.472 e. The summed E-state index contributed by atoms with van der Waals surface area (Å²) < 4.78 is 23.8. The molecule has 3 N–H and O–H groups in total. The second kappa shape index (κ2) is 63.4. The van der Waals surface area contributed by atoms with E-state index in [0.717, 1.165) is 96.3 Å². The smallest absolute Gasteiger partial charge is 0.387 e. The second-order valence-electron chi connectivity index (χ2n) is 24.2. The van der Waals surface area contributed by atoms with Gasteiger partial charge in [0.15, 0.2) is 0 Å². The van der Waals surface area contributed by atoms with E-state index >= 15 is 0 Å². The average molecular weight is 1180 g/mol. The predicted octanol–water partition coefficient (Wildman–Crippen LogP) is 22.0. The fourth-order valence-electron chi connectivity index (χ4n) is 9.62. The van der Waals surface area contributed by atoms with Crippen molar-refractivity contribution in [2.24, 2.45) is 0 Å². The van der Waals surface area contributed by atoms with Gasteiger partial charge in [-0.3, -0.25) is 13.8 Å². The lowest BCUT2D eigenvalue weighted by Gasteiger charge is -2.25. The number of quaternary nitrogens is 1. The van der Waals surface area contributed by atoms with Gasteiger partial charge in [0.1, 0.15) is 13.2 Å². The van der Waals surface area contributed by atoms with E-state index < -0.39 is 20.0 Å². The van der Waals surface area contributed by atoms with Crippen LogP contribution in [0.3, 0.4) is 0 Å². The molecule has 0 heterocycles. The van der Waals surface area contributed by atoms with E-state index in [1.807, 2.05) is 27.2 Å². The first-order chi connectivity index (χ1) is 40.5. The van der Waals surface area contributed by atoms with Crippen LogP contribution in [0.1, 0.15) is 290 Å². The number of phosphoric ester groups is 1. The summed E-state index contributed by atoms with van der Waals surface area (Å²) in [7, 11) is 1.56. The third kappa shape index (κ3) is 66.3. The van der Waals surface area contributed by atoms with E-state index in [2.05, 4.69) is 129 Å². The molecule has 0 radical (unpaired) electrons. The van der Waals surface area contributed by atoms with Crippen LogP contribution in [0.15, 0.2) is 122 Å². The third-order valence-electron chi connectivity index (χ3n) is 14.9. The van der Waals surface area contributed by atoms with Gasteiger partial charge in [-0.15, -0.1) is 0 Å². The van der Waals surface area contributed by atoms with Gasteiger partial charge < -0.3 is 19.8 Å². The Morgan fingerprint density at radius 1 is 0.422 bits per heavy atom. The molecule has 8 nitrogen and oxygen atoms in total. The number of unbranched alkanes of at least 4 members (excludes halogenated alkanes) is 31. The van der Waals surface area contributed by atoms with E-state index in [0.29, 0.717) is 17.4 Å². The van der Waals surface area contributed by atoms with Gasteiger partial charge in [0, 0.05) is 6.42 Å². The summed E-state index contributed by atoms with van der Waals surface area (Å²) in [5.41, 5.74) is 0. The Bertz CT molecular complexity index is 1770. The minimum atomic E-state index is -4.36. The number of nitrogens with zero attached hydrogens (tertiary/aromatic N) is 1. The zero-order valence-corrected chi connectivity index (χ0v) is 55.5. The van der Waals surface area contributed by atoms with Crippen molar-refractivity contribution in [2.45, 2.75) is 302 Å². The van der Waals surface area contributed by atoms with Gasteiger partial charge in [0.2, 0.25) is 5.91 Å². The van der Waals surface area contributed by atoms with Gasteiger partial charge in [-0.1, -0.05) is 315 Å². The Morgan fingerprint density at radius 2 is 0.723 bits per heavy atom. The molecule has 0 saturated heterocycles. The highest BCUT2D eigenvalue weighted by Gasteiger charge is 2.28. The van der Waals surface area contributed by atoms with Gasteiger partial charge >= 0.3 is 7.82 Å². The molecule has 1 amide bonds. The fraction of sp³-hybridized carbons (Fsp3) is 0.716. The topological polar surface area (TPSA) is 105 Å². The molecule has 0 rings (SSSR count). The molecule has 0 aliphatic carbocycles. The van der Waals surface area contributed by atoms with Crippen LogP contribution in [0.4, 0.5) is 0 Å². The van der Waals surface area contributed by atoms with E-state index in [-0.39, 0.29) is 19.1 Å². The first kappa shape index (κ1) is 79.9. The zero-order valence-electron chi connectivity index (χ0n) is 54.7. The number of carbonyl (C=O) groups is 1. The van der Waals surface area contributed by atoms with Gasteiger partial charge in [-0.25, -0.2) is 4.57 Å². The Labute approximate surface area is 514 Å². The molecule has 3 unspecified atom stereocenters. The lowest BCUT2D eigenvalue weighted by atomic mass is 10.0. The molecule has 0 aliphatic heterocycles. The summed E-state index contributed by atoms with van der Waals surface area (Å²) in [4.78, 5) is 23.4. The first-order valence-corrected chi connectivity index (χ1v) is 35.9. The maximum absolute atomic E-state index is 13.0. The van der Waals surface area contributed by atoms with Crippen LogP contribution in [-0.2, 0) is 18.4 Å². The molecule has 0 aromatic rings. The number of amides is 1. The molecule has 3 atom stereocenters. The number of aliphatic hydroxyl groups excluding tert-OH is 1. The van der Waals surface area contributed by atoms with Crippen molar-refractivity contribution in [3.05, 3.63) is 122 Å². The lowest BCUT2D eigenvalue weighted by Crippen LogP contribution is -2.45. The Hall–Kier alpha value is -3.10. The number of hydrogen-bond acceptors (Lipinski definition) is 5. The van der Waals surface area contributed by atoms with Crippen molar-refractivity contribution < 1.29 is 32.9 Å². The SMILES string of the molecule is CC/C=C\C/C=C\C/C=C\C/C=C\C/C=C\C/C=C\C/C=C\C/C=C\C/C=C\CCCCCCCCCCCCCC(=O)NC(COP(=O)(O)OCC[N+](C)(C)C)C(O)/C=C/CCCCCCCCCCCCCCCCCCCCCC. The fourth-order valence-corrected chi connectivity index (χ4v) is 10.4. The molecule has 0 aromatic heterocycles. The van der Waals surface area contributed by atoms with E-state index in [4.69, 9.17) is 9.05 Å². The van der Waals surface area contributed by atoms with E-state index in [1.165, 1.54) is 173 Å². The Morgan fingerprint density at radius 3 is 1.06 bits per heavy atom. The summed E-state index contributed by atoms with van der Waals surface area (Å²) in [5.74, 6) is -0.182. The van der Waals surface area contributed by atoms with Gasteiger partial charge in [-0.05, 0) is 89.9 Å². The average Bonchev–Trinajstić information content (AvgIpc) is 3.50. The van der Waals surface area contributed by atoms with Crippen LogP contribution >= 0.6 is 7.82 Å². The molecule has 0 aromatic carbocycles. The van der Waals surface area contributed by atoms with Gasteiger partial charge in [0.05, 0.1) is 39.9 Å². The summed E-state index contributed by atoms with van der Waals surface area (Å²) in [6.45, 7) is 4.72. The van der Waals surface area contributed by atoms with E-state index in [1.54, 1.807) is 6.08 Å². The standard InChI is InChI=1S/C74H131N2O6P/c1-6-8-10-12-14-16-18-20-22-24-26-28-30-31-32-33-34-35-36-37-38-39-40-41-42-43-44-45-46-48-50-52-54-56-58-60-62-64-66-68-74(78)75-72(71-82-83(79,80)81-70-69-76(3,4)5)73(77)67-65-63-61-59-57-55-53-51-49-47-29-27-25-23-21-19-17-15-13-11-9-7-2/h8,10,14,16,20,22,26,28,31-32,34-35,37-38,40-41,43-44,65,67,72-73,77H,6-7,9,11-13,15,17-19,21,23-25,27,29-30,33,36,39,42,45-64,66,68-71H2,1-5H3,(H-,75,78,79,80)/p+1/b10-8-,16-14-,22-20-,28-26-,32-31-,35-34-,38-37-,41-40-,44-43-,67-65+. The Balaban J connectivity index is 4.11. The minimum Gasteiger partial charge on any atom is -0.387 e. The number of aliphatic hydroxyl groups is 1. The number of phosphoric acid groups is 1. The van der Waals surface area contributed by atoms with Gasteiger partial charge in [-0.2, -0.15) is 0 Å². The molecule has 83 heavy (non-hydrogen) atoms. The summed E-state index contributed by atoms with van der Waals surface area (Å²) in [6.07, 6.45) is 94.7. The number of allylic oxidation sites excluding steroid dienone is 19. The second-order valence-corrected chi connectivity index (χ2v) is 25.6. The molecule has 478 valence electrons. The maximum atomic E-state index is 13.0. The highest BCUT2D eigenvalue weighted by atomic mass is 31.2. The zero-order chi connectivity index (χ0) is 60.5. The number of nitrogens with one attached hydrogen (secondary N) is 1. The Kier molecular flexibility index (Phi) is 61.0. The van der Waals surface area contributed by atoms with Crippen molar-refractivity contribution in [1.82, 2.24) is 5.32 Å².